The van der Waals surface area contributed by atoms with Crippen molar-refractivity contribution >= 4 is 57.6 Å². The van der Waals surface area contributed by atoms with Crippen molar-refractivity contribution in [3.8, 4) is 5.75 Å². The molecule has 1 heterocycles. The van der Waals surface area contributed by atoms with E-state index in [1.165, 1.54) is 5.56 Å². The Kier molecular flexibility index (Phi) is 9.58. The van der Waals surface area contributed by atoms with Gasteiger partial charge < -0.3 is 15.4 Å². The number of aliphatic imine (C=N–C) groups is 1. The first-order chi connectivity index (χ1) is 10.2. The summed E-state index contributed by atoms with van der Waals surface area (Å²) in [6.45, 7) is 2.79. The van der Waals surface area contributed by atoms with Crippen LogP contribution in [-0.4, -0.2) is 49.1 Å². The summed E-state index contributed by atoms with van der Waals surface area (Å²) in [6, 6.07) is 6.14. The van der Waals surface area contributed by atoms with Gasteiger partial charge in [0.15, 0.2) is 5.96 Å². The molecule has 1 aliphatic rings. The zero-order valence-corrected chi connectivity index (χ0v) is 17.5. The molecule has 1 saturated heterocycles. The molecule has 0 spiro atoms. The number of nitrogens with zero attached hydrogens (tertiary/aromatic N) is 2. The highest BCUT2D eigenvalue weighted by Crippen LogP contribution is 2.24. The third kappa shape index (κ3) is 6.16. The minimum absolute atomic E-state index is 0. The summed E-state index contributed by atoms with van der Waals surface area (Å²) in [6.07, 6.45) is 1.92. The van der Waals surface area contributed by atoms with Crippen molar-refractivity contribution < 1.29 is 4.74 Å². The molecule has 0 saturated carbocycles. The van der Waals surface area contributed by atoms with E-state index in [1.54, 1.807) is 7.11 Å². The Morgan fingerprint density at radius 1 is 1.41 bits per heavy atom. The molecule has 7 heteroatoms. The second kappa shape index (κ2) is 10.6. The lowest BCUT2D eigenvalue weighted by atomic mass is 10.1. The number of halogens is 2. The number of thioether (sulfide) groups is 1. The second-order valence-electron chi connectivity index (χ2n) is 4.90. The van der Waals surface area contributed by atoms with Gasteiger partial charge in [0.05, 0.1) is 7.11 Å². The van der Waals surface area contributed by atoms with Gasteiger partial charge in [-0.2, -0.15) is 11.8 Å². The molecule has 4 nitrogen and oxygen atoms in total. The monoisotopic (exact) mass is 499 g/mol. The Bertz CT molecular complexity index is 496. The van der Waals surface area contributed by atoms with E-state index in [0.717, 1.165) is 54.2 Å². The maximum absolute atomic E-state index is 6.04. The Morgan fingerprint density at radius 3 is 2.82 bits per heavy atom. The fraction of sp³-hybridized carbons (Fsp3) is 0.533. The Hall–Kier alpha value is -0.150. The van der Waals surface area contributed by atoms with Gasteiger partial charge in [-0.25, -0.2) is 0 Å². The highest BCUT2D eigenvalue weighted by molar-refractivity contribution is 14.0. The van der Waals surface area contributed by atoms with E-state index in [-0.39, 0.29) is 24.0 Å². The van der Waals surface area contributed by atoms with Crippen LogP contribution >= 0.6 is 51.7 Å². The maximum Gasteiger partial charge on any atom is 0.191 e. The van der Waals surface area contributed by atoms with Crippen molar-refractivity contribution in [2.75, 3.05) is 38.2 Å². The number of hydrogen-bond donors (Lipinski definition) is 1. The lowest BCUT2D eigenvalue weighted by molar-refractivity contribution is 0.409. The largest absolute Gasteiger partial charge is 0.496 e. The third-order valence-corrected chi connectivity index (χ3v) is 4.90. The van der Waals surface area contributed by atoms with Crippen molar-refractivity contribution in [1.29, 1.82) is 0 Å². The van der Waals surface area contributed by atoms with Crippen molar-refractivity contribution in [3.05, 3.63) is 28.2 Å². The molecule has 0 bridgehead atoms. The van der Waals surface area contributed by atoms with Crippen LogP contribution in [0.15, 0.2) is 27.7 Å². The normalized spacial score (nSPS) is 15.4. The summed E-state index contributed by atoms with van der Waals surface area (Å²) in [7, 11) is 1.70. The van der Waals surface area contributed by atoms with Crippen molar-refractivity contribution in [3.63, 3.8) is 0 Å². The quantitative estimate of drug-likeness (QED) is 0.292. The van der Waals surface area contributed by atoms with E-state index in [1.807, 2.05) is 23.9 Å². The fourth-order valence-electron chi connectivity index (χ4n) is 2.28. The van der Waals surface area contributed by atoms with E-state index in [9.17, 15) is 0 Å². The first kappa shape index (κ1) is 19.9. The number of nitrogens with two attached hydrogens (primary N) is 1. The molecule has 2 rings (SSSR count). The highest BCUT2D eigenvalue weighted by Gasteiger charge is 2.11. The van der Waals surface area contributed by atoms with Gasteiger partial charge in [0.2, 0.25) is 0 Å². The van der Waals surface area contributed by atoms with Crippen LogP contribution in [0, 0.1) is 0 Å². The van der Waals surface area contributed by atoms with Crippen LogP contribution in [0.5, 0.6) is 5.75 Å². The Balaban J connectivity index is 0.00000242. The van der Waals surface area contributed by atoms with Crippen LogP contribution in [0.2, 0.25) is 0 Å². The Labute approximate surface area is 162 Å². The van der Waals surface area contributed by atoms with Crippen LogP contribution < -0.4 is 10.5 Å². The molecule has 22 heavy (non-hydrogen) atoms. The molecule has 1 aromatic rings. The average molecular weight is 500 g/mol. The summed E-state index contributed by atoms with van der Waals surface area (Å²) >= 11 is 5.43. The number of aryl methyl sites for hydroxylation is 1. The SMILES string of the molecule is COc1cc(Br)ccc1CCCN=C(N)N1CCSCC1.I. The van der Waals surface area contributed by atoms with Crippen LogP contribution in [0.25, 0.3) is 0 Å². The van der Waals surface area contributed by atoms with Crippen molar-refractivity contribution in [2.24, 2.45) is 10.7 Å². The van der Waals surface area contributed by atoms with E-state index in [4.69, 9.17) is 10.5 Å². The average Bonchev–Trinajstić information content (AvgIpc) is 2.53. The molecular formula is C15H23BrIN3OS. The van der Waals surface area contributed by atoms with E-state index in [2.05, 4.69) is 31.9 Å². The molecule has 0 atom stereocenters. The van der Waals surface area contributed by atoms with Gasteiger partial charge in [-0.3, -0.25) is 4.99 Å². The first-order valence-electron chi connectivity index (χ1n) is 7.15. The van der Waals surface area contributed by atoms with E-state index in [0.29, 0.717) is 5.96 Å². The topological polar surface area (TPSA) is 50.9 Å². The number of guanidine groups is 1. The molecule has 0 amide bonds. The van der Waals surface area contributed by atoms with Gasteiger partial charge in [-0.05, 0) is 30.5 Å². The molecule has 2 N–H and O–H groups in total. The van der Waals surface area contributed by atoms with Gasteiger partial charge in [0.25, 0.3) is 0 Å². The number of methoxy groups -OCH3 is 1. The van der Waals surface area contributed by atoms with E-state index < -0.39 is 0 Å². The predicted octanol–water partition coefficient (Wildman–Crippen LogP) is 3.37. The molecule has 0 aliphatic carbocycles. The zero-order valence-electron chi connectivity index (χ0n) is 12.8. The summed E-state index contributed by atoms with van der Waals surface area (Å²) in [4.78, 5) is 6.67. The van der Waals surface area contributed by atoms with Crippen LogP contribution in [0.3, 0.4) is 0 Å². The van der Waals surface area contributed by atoms with Gasteiger partial charge in [0.1, 0.15) is 5.75 Å². The molecular weight excluding hydrogens is 477 g/mol. The summed E-state index contributed by atoms with van der Waals surface area (Å²) in [5.41, 5.74) is 7.25. The lowest BCUT2D eigenvalue weighted by Crippen LogP contribution is -2.42. The molecule has 124 valence electrons. The second-order valence-corrected chi connectivity index (χ2v) is 7.04. The minimum atomic E-state index is 0. The number of hydrogen-bond acceptors (Lipinski definition) is 3. The number of benzene rings is 1. The molecule has 1 aromatic carbocycles. The third-order valence-electron chi connectivity index (χ3n) is 3.46. The van der Waals surface area contributed by atoms with Gasteiger partial charge in [-0.1, -0.05) is 22.0 Å². The highest BCUT2D eigenvalue weighted by atomic mass is 127. The van der Waals surface area contributed by atoms with Crippen LogP contribution in [-0.2, 0) is 6.42 Å². The molecule has 0 aromatic heterocycles. The summed E-state index contributed by atoms with van der Waals surface area (Å²) < 4.78 is 6.43. The minimum Gasteiger partial charge on any atom is -0.496 e. The molecule has 0 unspecified atom stereocenters. The molecule has 1 fully saturated rings. The zero-order chi connectivity index (χ0) is 15.1. The van der Waals surface area contributed by atoms with Gasteiger partial charge >= 0.3 is 0 Å². The van der Waals surface area contributed by atoms with Crippen molar-refractivity contribution in [2.45, 2.75) is 12.8 Å². The summed E-state index contributed by atoms with van der Waals surface area (Å²) in [5, 5.41) is 0. The Morgan fingerprint density at radius 2 is 2.14 bits per heavy atom. The molecule has 0 radical (unpaired) electrons. The van der Waals surface area contributed by atoms with Gasteiger partial charge in [0, 0.05) is 35.6 Å². The van der Waals surface area contributed by atoms with Crippen LogP contribution in [0.1, 0.15) is 12.0 Å². The predicted molar refractivity (Wildman–Crippen MR) is 110 cm³/mol. The maximum atomic E-state index is 6.04. The summed E-state index contributed by atoms with van der Waals surface area (Å²) in [5.74, 6) is 3.91. The lowest BCUT2D eigenvalue weighted by Gasteiger charge is -2.27. The standard InChI is InChI=1S/C15H22BrN3OS.HI/c1-20-14-11-13(16)5-4-12(14)3-2-6-18-15(17)19-7-9-21-10-8-19;/h4-5,11H,2-3,6-10H2,1H3,(H2,17,18);1H. The smallest absolute Gasteiger partial charge is 0.191 e. The van der Waals surface area contributed by atoms with Crippen LogP contribution in [0.4, 0.5) is 0 Å². The first-order valence-corrected chi connectivity index (χ1v) is 9.10. The number of ether oxygens (including phenoxy) is 1. The van der Waals surface area contributed by atoms with Gasteiger partial charge in [-0.15, -0.1) is 24.0 Å². The number of rotatable bonds is 5. The van der Waals surface area contributed by atoms with Crippen molar-refractivity contribution in [1.82, 2.24) is 4.90 Å². The fourth-order valence-corrected chi connectivity index (χ4v) is 3.52. The molecule has 1 aliphatic heterocycles. The van der Waals surface area contributed by atoms with E-state index >= 15 is 0 Å².